The number of phenolic OH excluding ortho intramolecular Hbond substituents is 1. The Labute approximate surface area is 101 Å². The number of aryl methyl sites for hydroxylation is 1. The molecule has 5 N–H and O–H groups in total. The van der Waals surface area contributed by atoms with Crippen LogP contribution in [-0.4, -0.2) is 33.8 Å². The second-order valence-electron chi connectivity index (χ2n) is 3.89. The first-order chi connectivity index (χ1) is 8.22. The van der Waals surface area contributed by atoms with Crippen molar-refractivity contribution in [2.75, 3.05) is 6.61 Å². The maximum atomic E-state index is 13.3. The molecule has 0 aromatic heterocycles. The number of benzene rings is 1. The van der Waals surface area contributed by atoms with Gasteiger partial charge in [0.1, 0.15) is 18.4 Å². The molecule has 0 saturated carbocycles. The highest BCUT2D eigenvalue weighted by Crippen LogP contribution is 2.37. The maximum absolute atomic E-state index is 13.3. The Kier molecular flexibility index (Phi) is 3.88. The fourth-order valence-corrected chi connectivity index (χ4v) is 1.53. The predicted octanol–water partition coefficient (Wildman–Crippen LogP) is 1.03. The fourth-order valence-electron chi connectivity index (χ4n) is 1.53. The van der Waals surface area contributed by atoms with Crippen molar-refractivity contribution in [3.05, 3.63) is 28.8 Å². The second kappa shape index (κ2) is 4.87. The van der Waals surface area contributed by atoms with Gasteiger partial charge in [-0.25, -0.2) is 13.6 Å². The first kappa shape index (κ1) is 14.3. The number of hydrogen-bond acceptors (Lipinski definition) is 4. The SMILES string of the molecule is Cc1ccc(C(=O)O)c([C@@H](N)C(F)(F)CO)c1O. The van der Waals surface area contributed by atoms with Crippen LogP contribution in [0.2, 0.25) is 0 Å². The Bertz CT molecular complexity index is 476. The van der Waals surface area contributed by atoms with Crippen molar-refractivity contribution < 1.29 is 28.9 Å². The molecule has 0 amide bonds. The molecule has 0 radical (unpaired) electrons. The van der Waals surface area contributed by atoms with E-state index in [1.54, 1.807) is 0 Å². The highest BCUT2D eigenvalue weighted by Gasteiger charge is 2.41. The Hall–Kier alpha value is -1.73. The van der Waals surface area contributed by atoms with E-state index in [2.05, 4.69) is 0 Å². The molecule has 5 nitrogen and oxygen atoms in total. The van der Waals surface area contributed by atoms with Crippen LogP contribution in [-0.2, 0) is 0 Å². The first-order valence-corrected chi connectivity index (χ1v) is 5.02. The minimum Gasteiger partial charge on any atom is -0.507 e. The smallest absolute Gasteiger partial charge is 0.336 e. The van der Waals surface area contributed by atoms with Gasteiger partial charge < -0.3 is 21.1 Å². The van der Waals surface area contributed by atoms with E-state index >= 15 is 0 Å². The number of aliphatic hydroxyl groups excluding tert-OH is 1. The van der Waals surface area contributed by atoms with Gasteiger partial charge in [0, 0.05) is 5.56 Å². The van der Waals surface area contributed by atoms with E-state index in [0.717, 1.165) is 6.07 Å². The summed E-state index contributed by atoms with van der Waals surface area (Å²) in [5.41, 5.74) is 4.38. The molecular formula is C11H13F2NO4. The average Bonchev–Trinajstić information content (AvgIpc) is 2.31. The highest BCUT2D eigenvalue weighted by molar-refractivity contribution is 5.90. The van der Waals surface area contributed by atoms with Gasteiger partial charge in [0.15, 0.2) is 0 Å². The number of phenols is 1. The van der Waals surface area contributed by atoms with Crippen LogP contribution < -0.4 is 5.73 Å². The van der Waals surface area contributed by atoms with Crippen molar-refractivity contribution in [2.24, 2.45) is 5.73 Å². The Morgan fingerprint density at radius 2 is 2.06 bits per heavy atom. The standard InChI is InChI=1S/C11H13F2NO4/c1-5-2-3-6(10(17)18)7(8(5)16)9(14)11(12,13)4-15/h2-3,9,15-16H,4,14H2,1H3,(H,17,18)/t9-/m1/s1. The summed E-state index contributed by atoms with van der Waals surface area (Å²) in [7, 11) is 0. The van der Waals surface area contributed by atoms with Crippen molar-refractivity contribution >= 4 is 5.97 Å². The van der Waals surface area contributed by atoms with Gasteiger partial charge in [-0.2, -0.15) is 0 Å². The number of alkyl halides is 2. The molecule has 0 unspecified atom stereocenters. The van der Waals surface area contributed by atoms with Gasteiger partial charge in [-0.05, 0) is 18.6 Å². The average molecular weight is 261 g/mol. The summed E-state index contributed by atoms with van der Waals surface area (Å²) in [5, 5.41) is 27.1. The lowest BCUT2D eigenvalue weighted by Gasteiger charge is -2.24. The molecule has 1 atom stereocenters. The van der Waals surface area contributed by atoms with Crippen LogP contribution in [0.4, 0.5) is 8.78 Å². The van der Waals surface area contributed by atoms with Crippen LogP contribution in [0.3, 0.4) is 0 Å². The van der Waals surface area contributed by atoms with Gasteiger partial charge in [0.05, 0.1) is 5.56 Å². The number of carbonyl (C=O) groups is 1. The molecule has 0 bridgehead atoms. The van der Waals surface area contributed by atoms with Crippen LogP contribution in [0.25, 0.3) is 0 Å². The Morgan fingerprint density at radius 1 is 1.50 bits per heavy atom. The quantitative estimate of drug-likeness (QED) is 0.648. The minimum atomic E-state index is -3.73. The van der Waals surface area contributed by atoms with E-state index < -0.39 is 41.4 Å². The van der Waals surface area contributed by atoms with Crippen LogP contribution in [0.5, 0.6) is 5.75 Å². The molecule has 0 aliphatic heterocycles. The van der Waals surface area contributed by atoms with Crippen molar-refractivity contribution in [3.63, 3.8) is 0 Å². The molecule has 0 heterocycles. The lowest BCUT2D eigenvalue weighted by atomic mass is 9.93. The van der Waals surface area contributed by atoms with Crippen molar-refractivity contribution in [3.8, 4) is 5.75 Å². The minimum absolute atomic E-state index is 0.221. The summed E-state index contributed by atoms with van der Waals surface area (Å²) < 4.78 is 26.6. The number of carboxylic acids is 1. The van der Waals surface area contributed by atoms with Crippen LogP contribution in [0.15, 0.2) is 12.1 Å². The molecule has 1 rings (SSSR count). The lowest BCUT2D eigenvalue weighted by molar-refractivity contribution is -0.0717. The predicted molar refractivity (Wildman–Crippen MR) is 58.8 cm³/mol. The number of halogens is 2. The van der Waals surface area contributed by atoms with Gasteiger partial charge in [-0.3, -0.25) is 0 Å². The molecule has 0 spiro atoms. The normalized spacial score (nSPS) is 13.4. The number of aromatic carboxylic acids is 1. The van der Waals surface area contributed by atoms with Crippen LogP contribution in [0.1, 0.15) is 27.5 Å². The van der Waals surface area contributed by atoms with E-state index in [9.17, 15) is 18.7 Å². The third kappa shape index (κ3) is 2.41. The van der Waals surface area contributed by atoms with Gasteiger partial charge in [-0.15, -0.1) is 0 Å². The van der Waals surface area contributed by atoms with Gasteiger partial charge >= 0.3 is 5.97 Å². The summed E-state index contributed by atoms with van der Waals surface area (Å²) in [5.74, 6) is -5.81. The molecule has 7 heteroatoms. The van der Waals surface area contributed by atoms with Crippen LogP contribution in [0, 0.1) is 6.92 Å². The Balaban J connectivity index is 3.46. The van der Waals surface area contributed by atoms with Gasteiger partial charge in [0.25, 0.3) is 5.92 Å². The Morgan fingerprint density at radius 3 is 2.50 bits per heavy atom. The summed E-state index contributed by atoms with van der Waals surface area (Å²) in [6, 6.07) is 0.264. The third-order valence-electron chi connectivity index (χ3n) is 2.63. The number of carboxylic acid groups (broad SMARTS) is 1. The second-order valence-corrected chi connectivity index (χ2v) is 3.89. The van der Waals surface area contributed by atoms with E-state index in [0.29, 0.717) is 0 Å². The van der Waals surface area contributed by atoms with E-state index in [-0.39, 0.29) is 5.56 Å². The number of hydrogen-bond donors (Lipinski definition) is 4. The zero-order valence-corrected chi connectivity index (χ0v) is 9.52. The monoisotopic (exact) mass is 261 g/mol. The van der Waals surface area contributed by atoms with E-state index in [1.807, 2.05) is 0 Å². The van der Waals surface area contributed by atoms with Gasteiger partial charge in [-0.1, -0.05) is 6.07 Å². The van der Waals surface area contributed by atoms with Crippen LogP contribution >= 0.6 is 0 Å². The molecule has 0 aliphatic rings. The molecule has 1 aromatic rings. The summed E-state index contributed by atoms with van der Waals surface area (Å²) in [4.78, 5) is 10.9. The number of aromatic hydroxyl groups is 1. The molecule has 0 aliphatic carbocycles. The zero-order chi connectivity index (χ0) is 14.1. The van der Waals surface area contributed by atoms with Crippen molar-refractivity contribution in [1.29, 1.82) is 0 Å². The molecular weight excluding hydrogens is 248 g/mol. The maximum Gasteiger partial charge on any atom is 0.336 e. The fraction of sp³-hybridized carbons (Fsp3) is 0.364. The number of rotatable bonds is 4. The largest absolute Gasteiger partial charge is 0.507 e. The number of aliphatic hydroxyl groups is 1. The summed E-state index contributed by atoms with van der Waals surface area (Å²) in [6.07, 6.45) is 0. The molecule has 0 saturated heterocycles. The highest BCUT2D eigenvalue weighted by atomic mass is 19.3. The van der Waals surface area contributed by atoms with E-state index in [4.69, 9.17) is 15.9 Å². The molecule has 0 fully saturated rings. The molecule has 1 aromatic carbocycles. The van der Waals surface area contributed by atoms with Gasteiger partial charge in [0.2, 0.25) is 0 Å². The third-order valence-corrected chi connectivity index (χ3v) is 2.63. The number of nitrogens with two attached hydrogens (primary N) is 1. The van der Waals surface area contributed by atoms with E-state index in [1.165, 1.54) is 13.0 Å². The zero-order valence-electron chi connectivity index (χ0n) is 9.52. The lowest BCUT2D eigenvalue weighted by Crippen LogP contribution is -2.37. The molecule has 18 heavy (non-hydrogen) atoms. The van der Waals surface area contributed by atoms with Crippen molar-refractivity contribution in [2.45, 2.75) is 18.9 Å². The summed E-state index contributed by atoms with van der Waals surface area (Å²) in [6.45, 7) is -0.116. The summed E-state index contributed by atoms with van der Waals surface area (Å²) >= 11 is 0. The van der Waals surface area contributed by atoms with Crippen molar-refractivity contribution in [1.82, 2.24) is 0 Å². The topological polar surface area (TPSA) is 104 Å². The first-order valence-electron chi connectivity index (χ1n) is 5.02. The molecule has 100 valence electrons.